The predicted molar refractivity (Wildman–Crippen MR) is 137 cm³/mol. The van der Waals surface area contributed by atoms with E-state index in [0.717, 1.165) is 22.8 Å². The van der Waals surface area contributed by atoms with Crippen LogP contribution in [-0.4, -0.2) is 54.8 Å². The van der Waals surface area contributed by atoms with Gasteiger partial charge in [-0.15, -0.1) is 0 Å². The standard InChI is InChI=1S/C26H34N4O2S/c1-17(2)29(18(3)4)15-9-14-28-25(31)20-12-13-24-22(16-20)30(19(5)27-6)26(32)21-10-7-8-11-23(21)33-24/h7-8,10-13,16-18H,9,14-15H2,1-6H3,(H,28,31). The molecule has 7 heteroatoms. The predicted octanol–water partition coefficient (Wildman–Crippen LogP) is 5.08. The van der Waals surface area contributed by atoms with Gasteiger partial charge in [0.2, 0.25) is 0 Å². The fourth-order valence-electron chi connectivity index (χ4n) is 4.10. The topological polar surface area (TPSA) is 65.0 Å². The number of amides is 2. The highest BCUT2D eigenvalue weighted by atomic mass is 32.2. The van der Waals surface area contributed by atoms with Crippen LogP contribution in [0.2, 0.25) is 0 Å². The van der Waals surface area contributed by atoms with Crippen molar-refractivity contribution in [1.82, 2.24) is 10.2 Å². The maximum Gasteiger partial charge on any atom is 0.264 e. The van der Waals surface area contributed by atoms with Crippen molar-refractivity contribution in [2.45, 2.75) is 62.9 Å². The Morgan fingerprint density at radius 3 is 2.45 bits per heavy atom. The van der Waals surface area contributed by atoms with Crippen LogP contribution in [0.3, 0.4) is 0 Å². The second-order valence-electron chi connectivity index (χ2n) is 8.73. The van der Waals surface area contributed by atoms with E-state index in [-0.39, 0.29) is 11.8 Å². The van der Waals surface area contributed by atoms with E-state index in [1.807, 2.05) is 43.3 Å². The highest BCUT2D eigenvalue weighted by molar-refractivity contribution is 7.99. The summed E-state index contributed by atoms with van der Waals surface area (Å²) in [6.45, 7) is 12.1. The van der Waals surface area contributed by atoms with E-state index in [1.54, 1.807) is 18.0 Å². The van der Waals surface area contributed by atoms with Crippen LogP contribution in [0.5, 0.6) is 0 Å². The lowest BCUT2D eigenvalue weighted by molar-refractivity contribution is 0.0947. The number of aliphatic imine (C=N–C) groups is 1. The van der Waals surface area contributed by atoms with Crippen molar-refractivity contribution in [2.75, 3.05) is 25.0 Å². The summed E-state index contributed by atoms with van der Waals surface area (Å²) in [7, 11) is 1.67. The number of hydrogen-bond acceptors (Lipinski definition) is 5. The van der Waals surface area contributed by atoms with Crippen LogP contribution in [-0.2, 0) is 0 Å². The molecule has 176 valence electrons. The number of carbonyl (C=O) groups excluding carboxylic acids is 2. The van der Waals surface area contributed by atoms with E-state index in [4.69, 9.17) is 0 Å². The number of carbonyl (C=O) groups is 2. The van der Waals surface area contributed by atoms with Gasteiger partial charge in [0.1, 0.15) is 5.84 Å². The van der Waals surface area contributed by atoms with Crippen LogP contribution in [0.1, 0.15) is 61.8 Å². The molecule has 0 bridgehead atoms. The van der Waals surface area contributed by atoms with Gasteiger partial charge >= 0.3 is 0 Å². The van der Waals surface area contributed by atoms with Crippen LogP contribution < -0.4 is 10.2 Å². The zero-order valence-electron chi connectivity index (χ0n) is 20.4. The number of rotatable bonds is 7. The molecule has 0 saturated carbocycles. The average Bonchev–Trinajstić information content (AvgIpc) is 2.91. The molecule has 0 fully saturated rings. The minimum absolute atomic E-state index is 0.135. The molecule has 0 saturated heterocycles. The third kappa shape index (κ3) is 5.65. The van der Waals surface area contributed by atoms with Crippen molar-refractivity contribution in [3.8, 4) is 0 Å². The molecule has 1 aliphatic heterocycles. The smallest absolute Gasteiger partial charge is 0.264 e. The van der Waals surface area contributed by atoms with Gasteiger partial charge in [0.05, 0.1) is 11.3 Å². The lowest BCUT2D eigenvalue weighted by Crippen LogP contribution is -2.39. The summed E-state index contributed by atoms with van der Waals surface area (Å²) in [5.74, 6) is 0.308. The van der Waals surface area contributed by atoms with Gasteiger partial charge in [0.15, 0.2) is 0 Å². The quantitative estimate of drug-likeness (QED) is 0.351. The van der Waals surface area contributed by atoms with Gasteiger partial charge in [-0.1, -0.05) is 23.9 Å². The molecular weight excluding hydrogens is 432 g/mol. The molecule has 1 aliphatic rings. The van der Waals surface area contributed by atoms with Gasteiger partial charge in [-0.2, -0.15) is 0 Å². The van der Waals surface area contributed by atoms with Crippen molar-refractivity contribution >= 4 is 35.1 Å². The average molecular weight is 467 g/mol. The highest BCUT2D eigenvalue weighted by Crippen LogP contribution is 2.41. The van der Waals surface area contributed by atoms with Crippen molar-refractivity contribution in [1.29, 1.82) is 0 Å². The molecule has 0 radical (unpaired) electrons. The summed E-state index contributed by atoms with van der Waals surface area (Å²) in [6, 6.07) is 14.0. The maximum absolute atomic E-state index is 13.4. The van der Waals surface area contributed by atoms with Crippen molar-refractivity contribution < 1.29 is 9.59 Å². The van der Waals surface area contributed by atoms with Crippen LogP contribution in [0.15, 0.2) is 57.2 Å². The molecule has 1 heterocycles. The monoisotopic (exact) mass is 466 g/mol. The Morgan fingerprint density at radius 1 is 1.09 bits per heavy atom. The van der Waals surface area contributed by atoms with E-state index in [2.05, 4.69) is 42.9 Å². The second-order valence-corrected chi connectivity index (χ2v) is 9.81. The van der Waals surface area contributed by atoms with Gasteiger partial charge < -0.3 is 5.32 Å². The Balaban J connectivity index is 1.80. The molecule has 1 N–H and O–H groups in total. The Hall–Kier alpha value is -2.64. The minimum atomic E-state index is -0.139. The first-order valence-corrected chi connectivity index (χ1v) is 12.3. The maximum atomic E-state index is 13.4. The molecular formula is C26H34N4O2S. The molecule has 0 unspecified atom stereocenters. The molecule has 6 nitrogen and oxygen atoms in total. The Labute approximate surface area is 201 Å². The van der Waals surface area contributed by atoms with Crippen molar-refractivity contribution in [3.63, 3.8) is 0 Å². The first-order valence-electron chi connectivity index (χ1n) is 11.5. The Kier molecular flexibility index (Phi) is 8.32. The lowest BCUT2D eigenvalue weighted by Gasteiger charge is -2.30. The van der Waals surface area contributed by atoms with Crippen molar-refractivity contribution in [2.24, 2.45) is 4.99 Å². The van der Waals surface area contributed by atoms with E-state index < -0.39 is 0 Å². The van der Waals surface area contributed by atoms with Crippen LogP contribution in [0.4, 0.5) is 5.69 Å². The Bertz CT molecular complexity index is 1040. The van der Waals surface area contributed by atoms with Gasteiger partial charge in [-0.05, 0) is 71.4 Å². The molecule has 33 heavy (non-hydrogen) atoms. The second kappa shape index (κ2) is 11.0. The number of nitrogens with zero attached hydrogens (tertiary/aromatic N) is 3. The van der Waals surface area contributed by atoms with Crippen LogP contribution in [0.25, 0.3) is 0 Å². The number of anilines is 1. The number of fused-ring (bicyclic) bond motifs is 2. The molecule has 2 aromatic carbocycles. The zero-order chi connectivity index (χ0) is 24.1. The zero-order valence-corrected chi connectivity index (χ0v) is 21.2. The minimum Gasteiger partial charge on any atom is -0.352 e. The fourth-order valence-corrected chi connectivity index (χ4v) is 5.14. The number of hydrogen-bond donors (Lipinski definition) is 1. The lowest BCUT2D eigenvalue weighted by atomic mass is 10.1. The van der Waals surface area contributed by atoms with Crippen LogP contribution in [0, 0.1) is 0 Å². The summed E-state index contributed by atoms with van der Waals surface area (Å²) in [6.07, 6.45) is 0.879. The molecule has 0 atom stereocenters. The summed E-state index contributed by atoms with van der Waals surface area (Å²) < 4.78 is 0. The molecule has 0 aliphatic carbocycles. The Morgan fingerprint density at radius 2 is 1.79 bits per heavy atom. The van der Waals surface area contributed by atoms with Gasteiger partial charge in [0, 0.05) is 47.6 Å². The first-order chi connectivity index (χ1) is 15.7. The van der Waals surface area contributed by atoms with Gasteiger partial charge in [0.25, 0.3) is 11.8 Å². The molecule has 2 amide bonds. The SMILES string of the molecule is CN=C(C)N1C(=O)c2ccccc2Sc2ccc(C(=O)NCCCN(C(C)C)C(C)C)cc21. The number of amidine groups is 1. The van der Waals surface area contributed by atoms with E-state index in [9.17, 15) is 9.59 Å². The van der Waals surface area contributed by atoms with Crippen LogP contribution >= 0.6 is 11.8 Å². The summed E-state index contributed by atoms with van der Waals surface area (Å²) in [5, 5.41) is 3.03. The van der Waals surface area contributed by atoms with E-state index in [0.29, 0.717) is 41.3 Å². The van der Waals surface area contributed by atoms with Crippen molar-refractivity contribution in [3.05, 3.63) is 53.6 Å². The largest absolute Gasteiger partial charge is 0.352 e. The molecule has 3 rings (SSSR count). The van der Waals surface area contributed by atoms with E-state index in [1.165, 1.54) is 11.8 Å². The number of nitrogens with one attached hydrogen (secondary N) is 1. The van der Waals surface area contributed by atoms with E-state index >= 15 is 0 Å². The third-order valence-electron chi connectivity index (χ3n) is 5.85. The molecule has 2 aromatic rings. The number of benzene rings is 2. The third-order valence-corrected chi connectivity index (χ3v) is 7.00. The first kappa shape index (κ1) is 25.0. The highest BCUT2D eigenvalue weighted by Gasteiger charge is 2.29. The summed E-state index contributed by atoms with van der Waals surface area (Å²) in [5.41, 5.74) is 1.85. The summed E-state index contributed by atoms with van der Waals surface area (Å²) in [4.78, 5) is 36.4. The summed E-state index contributed by atoms with van der Waals surface area (Å²) >= 11 is 1.53. The molecule has 0 aromatic heterocycles. The fraction of sp³-hybridized carbons (Fsp3) is 0.423. The normalized spacial score (nSPS) is 13.9. The molecule has 0 spiro atoms. The van der Waals surface area contributed by atoms with Gasteiger partial charge in [-0.25, -0.2) is 0 Å². The van der Waals surface area contributed by atoms with Gasteiger partial charge in [-0.3, -0.25) is 24.4 Å².